The number of rotatable bonds is 13. The first-order valence-corrected chi connectivity index (χ1v) is 17.4. The van der Waals surface area contributed by atoms with Crippen LogP contribution in [0.25, 0.3) is 0 Å². The molecule has 6 heteroatoms. The van der Waals surface area contributed by atoms with Gasteiger partial charge in [-0.25, -0.2) is 4.79 Å². The highest BCUT2D eigenvalue weighted by atomic mass is 32.2. The predicted molar refractivity (Wildman–Crippen MR) is 167 cm³/mol. The number of carbonyl (C=O) groups is 1. The molecule has 3 atom stereocenters. The molecular formula is C33H43NO3SSi. The molecule has 0 aromatic heterocycles. The molecule has 208 valence electrons. The van der Waals surface area contributed by atoms with Crippen molar-refractivity contribution in [1.82, 2.24) is 5.32 Å². The van der Waals surface area contributed by atoms with Crippen molar-refractivity contribution in [1.29, 1.82) is 0 Å². The first-order chi connectivity index (χ1) is 18.6. The number of carbonyl (C=O) groups excluding carboxylic acids is 1. The summed E-state index contributed by atoms with van der Waals surface area (Å²) < 4.78 is 12.7. The lowest BCUT2D eigenvalue weighted by atomic mass is 9.98. The van der Waals surface area contributed by atoms with Crippen molar-refractivity contribution in [2.24, 2.45) is 0 Å². The molecule has 39 heavy (non-hydrogen) atoms. The zero-order valence-corrected chi connectivity index (χ0v) is 25.7. The Morgan fingerprint density at radius 2 is 1.46 bits per heavy atom. The largest absolute Gasteiger partial charge is 0.445 e. The Balaban J connectivity index is 1.87. The third-order valence-electron chi connectivity index (χ3n) is 7.27. The fraction of sp³-hybridized carbons (Fsp3) is 0.364. The van der Waals surface area contributed by atoms with Crippen LogP contribution in [0, 0.1) is 0 Å². The van der Waals surface area contributed by atoms with Gasteiger partial charge in [-0.3, -0.25) is 0 Å². The van der Waals surface area contributed by atoms with Crippen LogP contribution in [0.1, 0.15) is 38.3 Å². The predicted octanol–water partition coefficient (Wildman–Crippen LogP) is 8.65. The van der Waals surface area contributed by atoms with Crippen LogP contribution in [-0.2, 0) is 22.2 Å². The van der Waals surface area contributed by atoms with Gasteiger partial charge < -0.3 is 14.5 Å². The van der Waals surface area contributed by atoms with Gasteiger partial charge in [0.2, 0.25) is 0 Å². The molecule has 3 aromatic rings. The molecule has 0 radical (unpaired) electrons. The zero-order valence-electron chi connectivity index (χ0n) is 23.9. The second-order valence-corrected chi connectivity index (χ2v) is 17.4. The summed E-state index contributed by atoms with van der Waals surface area (Å²) in [6.45, 7) is 15.6. The molecule has 0 spiro atoms. The number of alkyl carbamates (subject to hydrolysis) is 1. The molecule has 3 rings (SSSR count). The summed E-state index contributed by atoms with van der Waals surface area (Å²) in [5.41, 5.74) is 2.09. The molecule has 3 aromatic carbocycles. The van der Waals surface area contributed by atoms with Crippen LogP contribution in [0.15, 0.2) is 109 Å². The number of benzene rings is 3. The molecule has 0 aliphatic rings. The SMILES string of the molecule is C=CC(C[C@H](O[Si](C)(C)C(C)(C)C)[C@H](Cc1ccccc1)NC(=O)OCc1ccccc1)Sc1ccccc1. The number of ether oxygens (including phenoxy) is 1. The van der Waals surface area contributed by atoms with Gasteiger partial charge in [0.1, 0.15) is 6.61 Å². The summed E-state index contributed by atoms with van der Waals surface area (Å²) in [5.74, 6) is 0. The lowest BCUT2D eigenvalue weighted by molar-refractivity contribution is 0.103. The van der Waals surface area contributed by atoms with Crippen LogP contribution >= 0.6 is 11.8 Å². The van der Waals surface area contributed by atoms with Crippen LogP contribution < -0.4 is 5.32 Å². The van der Waals surface area contributed by atoms with Gasteiger partial charge in [-0.15, -0.1) is 18.3 Å². The topological polar surface area (TPSA) is 47.6 Å². The van der Waals surface area contributed by atoms with Crippen molar-refractivity contribution in [2.75, 3.05) is 0 Å². The van der Waals surface area contributed by atoms with Crippen molar-refractivity contribution in [3.05, 3.63) is 115 Å². The molecule has 0 saturated heterocycles. The van der Waals surface area contributed by atoms with Crippen LogP contribution in [-0.4, -0.2) is 31.8 Å². The maximum Gasteiger partial charge on any atom is 0.407 e. The number of nitrogens with one attached hydrogen (secondary N) is 1. The molecule has 1 unspecified atom stereocenters. The van der Waals surface area contributed by atoms with E-state index in [1.54, 1.807) is 11.8 Å². The molecule has 1 N–H and O–H groups in total. The van der Waals surface area contributed by atoms with Gasteiger partial charge in [0.05, 0.1) is 12.1 Å². The molecule has 0 aliphatic carbocycles. The van der Waals surface area contributed by atoms with E-state index in [0.29, 0.717) is 12.8 Å². The van der Waals surface area contributed by atoms with Crippen LogP contribution in [0.5, 0.6) is 0 Å². The zero-order chi connectivity index (χ0) is 28.3. The summed E-state index contributed by atoms with van der Waals surface area (Å²) in [6.07, 6.45) is 2.68. The van der Waals surface area contributed by atoms with E-state index in [1.165, 1.54) is 4.90 Å². The highest BCUT2D eigenvalue weighted by Gasteiger charge is 2.41. The summed E-state index contributed by atoms with van der Waals surface area (Å²) in [6, 6.07) is 30.1. The Kier molecular flexibility index (Phi) is 11.5. The third-order valence-corrected chi connectivity index (χ3v) is 13.0. The fourth-order valence-corrected chi connectivity index (χ4v) is 6.42. The third kappa shape index (κ3) is 10.0. The van der Waals surface area contributed by atoms with Crippen molar-refractivity contribution in [3.8, 4) is 0 Å². The maximum absolute atomic E-state index is 13.1. The highest BCUT2D eigenvalue weighted by molar-refractivity contribution is 8.00. The first kappa shape index (κ1) is 30.7. The van der Waals surface area contributed by atoms with Crippen molar-refractivity contribution < 1.29 is 14.0 Å². The molecule has 0 heterocycles. The van der Waals surface area contributed by atoms with E-state index in [2.05, 4.69) is 82.2 Å². The van der Waals surface area contributed by atoms with Gasteiger partial charge in [0.15, 0.2) is 8.32 Å². The monoisotopic (exact) mass is 561 g/mol. The molecule has 0 bridgehead atoms. The Labute approximate surface area is 240 Å². The van der Waals surface area contributed by atoms with Gasteiger partial charge in [-0.1, -0.05) is 106 Å². The van der Waals surface area contributed by atoms with Gasteiger partial charge in [0, 0.05) is 10.1 Å². The smallest absolute Gasteiger partial charge is 0.407 e. The van der Waals surface area contributed by atoms with E-state index in [4.69, 9.17) is 9.16 Å². The summed E-state index contributed by atoms with van der Waals surface area (Å²) in [4.78, 5) is 14.3. The minimum absolute atomic E-state index is 0.0205. The van der Waals surface area contributed by atoms with E-state index >= 15 is 0 Å². The lowest BCUT2D eigenvalue weighted by Gasteiger charge is -2.42. The number of hydrogen-bond donors (Lipinski definition) is 1. The van der Waals surface area contributed by atoms with Crippen molar-refractivity contribution in [3.63, 3.8) is 0 Å². The average Bonchev–Trinajstić information content (AvgIpc) is 2.91. The van der Waals surface area contributed by atoms with E-state index < -0.39 is 14.4 Å². The minimum atomic E-state index is -2.18. The normalized spacial score (nSPS) is 14.2. The van der Waals surface area contributed by atoms with E-state index in [9.17, 15) is 4.79 Å². The van der Waals surface area contributed by atoms with Crippen LogP contribution in [0.4, 0.5) is 4.79 Å². The minimum Gasteiger partial charge on any atom is -0.445 e. The number of thioether (sulfide) groups is 1. The standard InChI is InChI=1S/C33H43NO3SSi/c1-7-28(38-29-21-15-10-16-22-29)24-31(37-39(5,6)33(2,3)4)30(23-26-17-11-8-12-18-26)34-32(35)36-25-27-19-13-9-14-20-27/h7-22,28,30-31H,1,23-25H2,2-6H3,(H,34,35)/t28?,30-,31-/m0/s1. The Hall–Kier alpha value is -2.80. The fourth-order valence-electron chi connectivity index (χ4n) is 4.00. The first-order valence-electron chi connectivity index (χ1n) is 13.6. The summed E-state index contributed by atoms with van der Waals surface area (Å²) >= 11 is 1.77. The van der Waals surface area contributed by atoms with Crippen LogP contribution in [0.3, 0.4) is 0 Å². The molecule has 0 fully saturated rings. The van der Waals surface area contributed by atoms with Crippen molar-refractivity contribution in [2.45, 2.75) is 80.6 Å². The van der Waals surface area contributed by atoms with Crippen molar-refractivity contribution >= 4 is 26.2 Å². The van der Waals surface area contributed by atoms with Gasteiger partial charge in [-0.2, -0.15) is 0 Å². The van der Waals surface area contributed by atoms with E-state index in [1.807, 2.05) is 60.7 Å². The molecule has 4 nitrogen and oxygen atoms in total. The maximum atomic E-state index is 13.1. The highest BCUT2D eigenvalue weighted by Crippen LogP contribution is 2.39. The Bertz CT molecular complexity index is 1150. The average molecular weight is 562 g/mol. The quantitative estimate of drug-likeness (QED) is 0.129. The van der Waals surface area contributed by atoms with Crippen LogP contribution in [0.2, 0.25) is 18.1 Å². The molecule has 0 saturated carbocycles. The van der Waals surface area contributed by atoms with E-state index in [0.717, 1.165) is 11.1 Å². The number of hydrogen-bond acceptors (Lipinski definition) is 4. The van der Waals surface area contributed by atoms with Gasteiger partial charge >= 0.3 is 6.09 Å². The summed E-state index contributed by atoms with van der Waals surface area (Å²) in [7, 11) is -2.18. The lowest BCUT2D eigenvalue weighted by Crippen LogP contribution is -2.53. The molecule has 1 amide bonds. The second-order valence-electron chi connectivity index (χ2n) is 11.4. The number of amides is 1. The van der Waals surface area contributed by atoms with E-state index in [-0.39, 0.29) is 29.0 Å². The van der Waals surface area contributed by atoms with Gasteiger partial charge in [0.25, 0.3) is 0 Å². The summed E-state index contributed by atoms with van der Waals surface area (Å²) in [5, 5.41) is 3.33. The molecular weight excluding hydrogens is 519 g/mol. The Morgan fingerprint density at radius 3 is 2.00 bits per heavy atom. The Morgan fingerprint density at radius 1 is 0.923 bits per heavy atom. The second kappa shape index (κ2) is 14.5. The molecule has 0 aliphatic heterocycles. The van der Waals surface area contributed by atoms with Gasteiger partial charge in [-0.05, 0) is 54.2 Å².